The number of carbonyl (C=O) groups is 1. The van der Waals surface area contributed by atoms with Crippen molar-refractivity contribution in [2.45, 2.75) is 12.5 Å². The van der Waals surface area contributed by atoms with Crippen LogP contribution in [-0.2, 0) is 11.2 Å². The Morgan fingerprint density at radius 2 is 1.95 bits per heavy atom. The monoisotopic (exact) mass is 264 g/mol. The lowest BCUT2D eigenvalue weighted by molar-refractivity contribution is -0.110. The van der Waals surface area contributed by atoms with Crippen LogP contribution in [0.1, 0.15) is 5.56 Å². The Kier molecular flexibility index (Phi) is 3.64. The van der Waals surface area contributed by atoms with Gasteiger partial charge in [0.25, 0.3) is 0 Å². The van der Waals surface area contributed by atoms with E-state index in [0.29, 0.717) is 12.0 Å². The molecule has 1 unspecified atom stereocenters. The van der Waals surface area contributed by atoms with Crippen LogP contribution in [0.5, 0.6) is 0 Å². The SMILES string of the molecule is CN1C(Cc2ccc(F)cc2)=C(F)C(N)=CC1C=O. The molecular weight excluding hydrogens is 250 g/mol. The molecule has 100 valence electrons. The zero-order valence-corrected chi connectivity index (χ0v) is 10.4. The maximum atomic E-state index is 14.0. The van der Waals surface area contributed by atoms with Crippen molar-refractivity contribution < 1.29 is 13.6 Å². The normalized spacial score (nSPS) is 19.4. The molecule has 3 nitrogen and oxygen atoms in total. The van der Waals surface area contributed by atoms with Crippen molar-refractivity contribution in [2.24, 2.45) is 5.73 Å². The van der Waals surface area contributed by atoms with E-state index in [9.17, 15) is 13.6 Å². The van der Waals surface area contributed by atoms with Gasteiger partial charge in [-0.05, 0) is 23.8 Å². The van der Waals surface area contributed by atoms with E-state index in [2.05, 4.69) is 0 Å². The first-order chi connectivity index (χ1) is 9.02. The van der Waals surface area contributed by atoms with Gasteiger partial charge < -0.3 is 15.4 Å². The van der Waals surface area contributed by atoms with E-state index >= 15 is 0 Å². The van der Waals surface area contributed by atoms with Crippen LogP contribution in [0.2, 0.25) is 0 Å². The van der Waals surface area contributed by atoms with E-state index in [4.69, 9.17) is 5.73 Å². The Morgan fingerprint density at radius 1 is 1.32 bits per heavy atom. The maximum absolute atomic E-state index is 14.0. The average molecular weight is 264 g/mol. The number of rotatable bonds is 3. The van der Waals surface area contributed by atoms with Crippen molar-refractivity contribution in [3.05, 3.63) is 58.9 Å². The van der Waals surface area contributed by atoms with Gasteiger partial charge in [-0.1, -0.05) is 12.1 Å². The minimum Gasteiger partial charge on any atom is -0.396 e. The summed E-state index contributed by atoms with van der Waals surface area (Å²) >= 11 is 0. The highest BCUT2D eigenvalue weighted by Crippen LogP contribution is 2.26. The zero-order chi connectivity index (χ0) is 14.0. The van der Waals surface area contributed by atoms with E-state index in [1.807, 2.05) is 0 Å². The third kappa shape index (κ3) is 2.65. The van der Waals surface area contributed by atoms with E-state index in [0.717, 1.165) is 5.56 Å². The fraction of sp³-hybridized carbons (Fsp3) is 0.214. The van der Waals surface area contributed by atoms with Gasteiger partial charge >= 0.3 is 0 Å². The standard InChI is InChI=1S/C14H14F2N2O/c1-18-11(8-19)7-12(17)14(16)13(18)6-9-2-4-10(15)5-3-9/h2-5,7-8,11H,6,17H2,1H3. The number of hydrogen-bond donors (Lipinski definition) is 1. The highest BCUT2D eigenvalue weighted by Gasteiger charge is 2.25. The molecule has 19 heavy (non-hydrogen) atoms. The smallest absolute Gasteiger partial charge is 0.165 e. The second-order valence-corrected chi connectivity index (χ2v) is 4.42. The molecule has 1 aromatic carbocycles. The zero-order valence-electron chi connectivity index (χ0n) is 10.4. The van der Waals surface area contributed by atoms with Crippen LogP contribution in [0.4, 0.5) is 8.78 Å². The molecule has 5 heteroatoms. The minimum absolute atomic E-state index is 0.0349. The molecule has 0 aromatic heterocycles. The summed E-state index contributed by atoms with van der Waals surface area (Å²) in [4.78, 5) is 12.5. The fourth-order valence-electron chi connectivity index (χ4n) is 2.00. The van der Waals surface area contributed by atoms with Crippen LogP contribution in [-0.4, -0.2) is 24.3 Å². The lowest BCUT2D eigenvalue weighted by Crippen LogP contribution is -2.36. The molecule has 0 fully saturated rings. The van der Waals surface area contributed by atoms with Crippen molar-refractivity contribution in [1.29, 1.82) is 0 Å². The number of carbonyl (C=O) groups excluding carboxylic acids is 1. The topological polar surface area (TPSA) is 46.3 Å². The van der Waals surface area contributed by atoms with Gasteiger partial charge in [-0.2, -0.15) is 0 Å². The quantitative estimate of drug-likeness (QED) is 0.848. The highest BCUT2D eigenvalue weighted by atomic mass is 19.1. The maximum Gasteiger partial charge on any atom is 0.165 e. The molecule has 0 saturated carbocycles. The fourth-order valence-corrected chi connectivity index (χ4v) is 2.00. The van der Waals surface area contributed by atoms with E-state index in [1.165, 1.54) is 23.1 Å². The largest absolute Gasteiger partial charge is 0.396 e. The summed E-state index contributed by atoms with van der Waals surface area (Å²) in [6.07, 6.45) is 2.32. The van der Waals surface area contributed by atoms with Gasteiger partial charge in [-0.15, -0.1) is 0 Å². The summed E-state index contributed by atoms with van der Waals surface area (Å²) in [6.45, 7) is 0. The average Bonchev–Trinajstić information content (AvgIpc) is 2.41. The summed E-state index contributed by atoms with van der Waals surface area (Å²) in [5, 5.41) is 0. The Bertz CT molecular complexity index is 549. The van der Waals surface area contributed by atoms with Crippen LogP contribution in [0.3, 0.4) is 0 Å². The third-order valence-electron chi connectivity index (χ3n) is 3.15. The first-order valence-electron chi connectivity index (χ1n) is 5.82. The number of nitrogens with zero attached hydrogens (tertiary/aromatic N) is 1. The summed E-state index contributed by atoms with van der Waals surface area (Å²) in [7, 11) is 1.63. The molecule has 2 rings (SSSR count). The predicted octanol–water partition coefficient (Wildman–Crippen LogP) is 1.90. The van der Waals surface area contributed by atoms with Crippen LogP contribution < -0.4 is 5.73 Å². The van der Waals surface area contributed by atoms with Gasteiger partial charge in [-0.3, -0.25) is 0 Å². The summed E-state index contributed by atoms with van der Waals surface area (Å²) in [5.74, 6) is -0.884. The van der Waals surface area contributed by atoms with Gasteiger partial charge in [0.2, 0.25) is 0 Å². The molecule has 1 atom stereocenters. The van der Waals surface area contributed by atoms with Gasteiger partial charge in [0.15, 0.2) is 5.83 Å². The number of hydrogen-bond acceptors (Lipinski definition) is 3. The van der Waals surface area contributed by atoms with Crippen LogP contribution in [0.15, 0.2) is 47.6 Å². The van der Waals surface area contributed by atoms with E-state index in [-0.39, 0.29) is 17.9 Å². The molecule has 1 aliphatic heterocycles. The van der Waals surface area contributed by atoms with Crippen molar-refractivity contribution >= 4 is 6.29 Å². The van der Waals surface area contributed by atoms with Gasteiger partial charge in [-0.25, -0.2) is 8.78 Å². The number of benzene rings is 1. The molecule has 0 amide bonds. The summed E-state index contributed by atoms with van der Waals surface area (Å²) in [5.41, 5.74) is 6.59. The second kappa shape index (κ2) is 5.22. The molecule has 0 radical (unpaired) electrons. The Morgan fingerprint density at radius 3 is 2.53 bits per heavy atom. The molecule has 0 spiro atoms. The third-order valence-corrected chi connectivity index (χ3v) is 3.15. The minimum atomic E-state index is -0.574. The Hall–Kier alpha value is -2.17. The van der Waals surface area contributed by atoms with Crippen molar-refractivity contribution in [3.8, 4) is 0 Å². The van der Waals surface area contributed by atoms with Crippen molar-refractivity contribution in [1.82, 2.24) is 4.90 Å². The van der Waals surface area contributed by atoms with Crippen molar-refractivity contribution in [2.75, 3.05) is 7.05 Å². The Balaban J connectivity index is 2.31. The molecule has 1 heterocycles. The molecule has 2 N–H and O–H groups in total. The Labute approximate surface area is 110 Å². The number of halogens is 2. The second-order valence-electron chi connectivity index (χ2n) is 4.42. The molecule has 1 aliphatic rings. The number of nitrogens with two attached hydrogens (primary N) is 1. The molecule has 0 bridgehead atoms. The first kappa shape index (κ1) is 13.3. The predicted molar refractivity (Wildman–Crippen MR) is 68.1 cm³/mol. The molecule has 0 aliphatic carbocycles. The van der Waals surface area contributed by atoms with E-state index in [1.54, 1.807) is 19.2 Å². The van der Waals surface area contributed by atoms with Gasteiger partial charge in [0.05, 0.1) is 11.4 Å². The van der Waals surface area contributed by atoms with Crippen LogP contribution in [0.25, 0.3) is 0 Å². The van der Waals surface area contributed by atoms with Gasteiger partial charge in [0.1, 0.15) is 18.1 Å². The lowest BCUT2D eigenvalue weighted by atomic mass is 10.0. The van der Waals surface area contributed by atoms with Crippen LogP contribution >= 0.6 is 0 Å². The van der Waals surface area contributed by atoms with E-state index < -0.39 is 11.9 Å². The van der Waals surface area contributed by atoms with Crippen LogP contribution in [0, 0.1) is 5.82 Å². The lowest BCUT2D eigenvalue weighted by Gasteiger charge is -2.31. The molecular formula is C14H14F2N2O. The van der Waals surface area contributed by atoms with Crippen molar-refractivity contribution in [3.63, 3.8) is 0 Å². The number of likely N-dealkylation sites (N-methyl/N-ethyl adjacent to an activating group) is 1. The molecule has 0 saturated heterocycles. The highest BCUT2D eigenvalue weighted by molar-refractivity contribution is 5.64. The number of allylic oxidation sites excluding steroid dienone is 2. The molecule has 1 aromatic rings. The number of aldehydes is 1. The summed E-state index contributed by atoms with van der Waals surface area (Å²) in [6, 6.07) is 5.21. The summed E-state index contributed by atoms with van der Waals surface area (Å²) < 4.78 is 26.8. The first-order valence-corrected chi connectivity index (χ1v) is 5.82. The van der Waals surface area contributed by atoms with Gasteiger partial charge in [0, 0.05) is 13.5 Å².